The van der Waals surface area contributed by atoms with Crippen molar-refractivity contribution >= 4 is 5.97 Å². The van der Waals surface area contributed by atoms with Crippen molar-refractivity contribution in [3.05, 3.63) is 23.8 Å². The number of rotatable bonds is 5. The van der Waals surface area contributed by atoms with Crippen LogP contribution in [-0.2, 0) is 16.0 Å². The van der Waals surface area contributed by atoms with Gasteiger partial charge in [-0.15, -0.1) is 0 Å². The van der Waals surface area contributed by atoms with Crippen LogP contribution in [0.15, 0.2) is 18.2 Å². The fourth-order valence-corrected chi connectivity index (χ4v) is 1.44. The summed E-state index contributed by atoms with van der Waals surface area (Å²) in [4.78, 5) is 11.3. The Kier molecular flexibility index (Phi) is 4.78. The van der Waals surface area contributed by atoms with Crippen LogP contribution in [0.1, 0.15) is 12.5 Å². The van der Waals surface area contributed by atoms with Gasteiger partial charge in [-0.3, -0.25) is 4.79 Å². The van der Waals surface area contributed by atoms with E-state index in [0.29, 0.717) is 18.8 Å². The van der Waals surface area contributed by atoms with Crippen LogP contribution in [0.5, 0.6) is 11.5 Å². The molecule has 0 aliphatic rings. The number of esters is 1. The molecule has 0 radical (unpaired) electrons. The third-order valence-corrected chi connectivity index (χ3v) is 2.29. The van der Waals surface area contributed by atoms with E-state index in [1.165, 1.54) is 13.2 Å². The van der Waals surface area contributed by atoms with E-state index in [9.17, 15) is 9.90 Å². The smallest absolute Gasteiger partial charge is 0.323 e. The number of hydrogen-bond acceptors (Lipinski definition) is 5. The van der Waals surface area contributed by atoms with Gasteiger partial charge in [-0.25, -0.2) is 0 Å². The van der Waals surface area contributed by atoms with E-state index in [1.807, 2.05) is 0 Å². The third kappa shape index (κ3) is 3.64. The van der Waals surface area contributed by atoms with Gasteiger partial charge in [0.05, 0.1) is 13.7 Å². The summed E-state index contributed by atoms with van der Waals surface area (Å²) in [5.74, 6) is -0.0148. The first-order chi connectivity index (χ1) is 8.08. The Labute approximate surface area is 100 Å². The molecule has 1 unspecified atom stereocenters. The second kappa shape index (κ2) is 6.10. The molecule has 17 heavy (non-hydrogen) atoms. The fourth-order valence-electron chi connectivity index (χ4n) is 1.44. The Bertz CT molecular complexity index is 392. The summed E-state index contributed by atoms with van der Waals surface area (Å²) in [5, 5.41) is 9.41. The molecular formula is C12H17NO4. The average molecular weight is 239 g/mol. The minimum absolute atomic E-state index is 0.0564. The normalized spacial score (nSPS) is 11.9. The van der Waals surface area contributed by atoms with Crippen molar-refractivity contribution in [1.29, 1.82) is 0 Å². The SMILES string of the molecule is CCOC(=O)C(N)Cc1ccc(O)c(OC)c1. The van der Waals surface area contributed by atoms with Gasteiger partial charge in [0.1, 0.15) is 6.04 Å². The van der Waals surface area contributed by atoms with Crippen molar-refractivity contribution in [2.24, 2.45) is 5.73 Å². The zero-order valence-corrected chi connectivity index (χ0v) is 9.97. The highest BCUT2D eigenvalue weighted by molar-refractivity contribution is 5.75. The van der Waals surface area contributed by atoms with Gasteiger partial charge in [0.25, 0.3) is 0 Å². The first kappa shape index (κ1) is 13.3. The molecule has 0 amide bonds. The van der Waals surface area contributed by atoms with Crippen LogP contribution in [0.4, 0.5) is 0 Å². The lowest BCUT2D eigenvalue weighted by atomic mass is 10.1. The van der Waals surface area contributed by atoms with Crippen LogP contribution in [0.2, 0.25) is 0 Å². The number of carbonyl (C=O) groups excluding carboxylic acids is 1. The predicted octanol–water partition coefficient (Wildman–Crippen LogP) is 0.834. The summed E-state index contributed by atoms with van der Waals surface area (Å²) in [6.45, 7) is 2.04. The molecule has 5 heteroatoms. The van der Waals surface area contributed by atoms with E-state index < -0.39 is 12.0 Å². The summed E-state index contributed by atoms with van der Waals surface area (Å²) < 4.78 is 9.78. The quantitative estimate of drug-likeness (QED) is 0.744. The Morgan fingerprint density at radius 2 is 2.24 bits per heavy atom. The Hall–Kier alpha value is -1.75. The molecule has 5 nitrogen and oxygen atoms in total. The summed E-state index contributed by atoms with van der Waals surface area (Å²) >= 11 is 0. The van der Waals surface area contributed by atoms with Gasteiger partial charge < -0.3 is 20.3 Å². The number of aromatic hydroxyl groups is 1. The zero-order chi connectivity index (χ0) is 12.8. The number of hydrogen-bond donors (Lipinski definition) is 2. The number of nitrogens with two attached hydrogens (primary N) is 1. The largest absolute Gasteiger partial charge is 0.504 e. The minimum Gasteiger partial charge on any atom is -0.504 e. The number of phenolic OH excluding ortho intramolecular Hbond substituents is 1. The molecule has 1 aromatic carbocycles. The van der Waals surface area contributed by atoms with Gasteiger partial charge in [0, 0.05) is 0 Å². The zero-order valence-electron chi connectivity index (χ0n) is 9.97. The van der Waals surface area contributed by atoms with Crippen LogP contribution in [0, 0.1) is 0 Å². The molecule has 1 rings (SSSR count). The molecule has 94 valence electrons. The summed E-state index contributed by atoms with van der Waals surface area (Å²) in [6, 6.07) is 4.14. The molecule has 0 aliphatic heterocycles. The van der Waals surface area contributed by atoms with E-state index in [4.69, 9.17) is 15.2 Å². The summed E-state index contributed by atoms with van der Waals surface area (Å²) in [7, 11) is 1.46. The molecule has 0 aromatic heterocycles. The van der Waals surface area contributed by atoms with E-state index >= 15 is 0 Å². The van der Waals surface area contributed by atoms with Gasteiger partial charge >= 0.3 is 5.97 Å². The van der Waals surface area contributed by atoms with Crippen LogP contribution < -0.4 is 10.5 Å². The minimum atomic E-state index is -0.704. The van der Waals surface area contributed by atoms with Gasteiger partial charge in [0.15, 0.2) is 11.5 Å². The molecule has 0 heterocycles. The fraction of sp³-hybridized carbons (Fsp3) is 0.417. The average Bonchev–Trinajstić information content (AvgIpc) is 2.31. The van der Waals surface area contributed by atoms with Crippen molar-refractivity contribution in [1.82, 2.24) is 0 Å². The number of methoxy groups -OCH3 is 1. The predicted molar refractivity (Wildman–Crippen MR) is 63.0 cm³/mol. The first-order valence-corrected chi connectivity index (χ1v) is 5.36. The molecule has 1 atom stereocenters. The van der Waals surface area contributed by atoms with E-state index in [-0.39, 0.29) is 5.75 Å². The van der Waals surface area contributed by atoms with Gasteiger partial charge in [-0.1, -0.05) is 6.07 Å². The van der Waals surface area contributed by atoms with E-state index in [0.717, 1.165) is 5.56 Å². The Morgan fingerprint density at radius 1 is 1.53 bits per heavy atom. The summed E-state index contributed by atoms with van der Waals surface area (Å²) in [5.41, 5.74) is 6.49. The Balaban J connectivity index is 2.71. The van der Waals surface area contributed by atoms with Crippen molar-refractivity contribution in [3.63, 3.8) is 0 Å². The van der Waals surface area contributed by atoms with Crippen molar-refractivity contribution in [3.8, 4) is 11.5 Å². The standard InChI is InChI=1S/C12H17NO4/c1-3-17-12(15)9(13)6-8-4-5-10(14)11(7-8)16-2/h4-5,7,9,14H,3,6,13H2,1-2H3. The molecule has 0 spiro atoms. The lowest BCUT2D eigenvalue weighted by Crippen LogP contribution is -2.34. The maximum atomic E-state index is 11.3. The molecule has 3 N–H and O–H groups in total. The maximum Gasteiger partial charge on any atom is 0.323 e. The Morgan fingerprint density at radius 3 is 2.82 bits per heavy atom. The van der Waals surface area contributed by atoms with Gasteiger partial charge in [0.2, 0.25) is 0 Å². The molecule has 0 bridgehead atoms. The second-order valence-electron chi connectivity index (χ2n) is 3.57. The first-order valence-electron chi connectivity index (χ1n) is 5.36. The van der Waals surface area contributed by atoms with Gasteiger partial charge in [-0.2, -0.15) is 0 Å². The lowest BCUT2D eigenvalue weighted by molar-refractivity contribution is -0.144. The summed E-state index contributed by atoms with van der Waals surface area (Å²) in [6.07, 6.45) is 0.343. The highest BCUT2D eigenvalue weighted by atomic mass is 16.5. The monoisotopic (exact) mass is 239 g/mol. The van der Waals surface area contributed by atoms with Crippen molar-refractivity contribution < 1.29 is 19.4 Å². The molecule has 0 saturated carbocycles. The highest BCUT2D eigenvalue weighted by Crippen LogP contribution is 2.26. The van der Waals surface area contributed by atoms with Crippen LogP contribution in [-0.4, -0.2) is 30.8 Å². The molecular weight excluding hydrogens is 222 g/mol. The van der Waals surface area contributed by atoms with Crippen LogP contribution in [0.25, 0.3) is 0 Å². The van der Waals surface area contributed by atoms with Crippen LogP contribution >= 0.6 is 0 Å². The molecule has 0 saturated heterocycles. The number of ether oxygens (including phenoxy) is 2. The molecule has 0 aliphatic carbocycles. The number of carbonyl (C=O) groups is 1. The van der Waals surface area contributed by atoms with E-state index in [1.54, 1.807) is 19.1 Å². The van der Waals surface area contributed by atoms with Crippen LogP contribution in [0.3, 0.4) is 0 Å². The second-order valence-corrected chi connectivity index (χ2v) is 3.57. The van der Waals surface area contributed by atoms with Gasteiger partial charge in [-0.05, 0) is 31.0 Å². The van der Waals surface area contributed by atoms with E-state index in [2.05, 4.69) is 0 Å². The van der Waals surface area contributed by atoms with Crippen molar-refractivity contribution in [2.75, 3.05) is 13.7 Å². The number of benzene rings is 1. The third-order valence-electron chi connectivity index (χ3n) is 2.29. The maximum absolute atomic E-state index is 11.3. The topological polar surface area (TPSA) is 81.8 Å². The number of phenols is 1. The van der Waals surface area contributed by atoms with Crippen molar-refractivity contribution in [2.45, 2.75) is 19.4 Å². The molecule has 0 fully saturated rings. The highest BCUT2D eigenvalue weighted by Gasteiger charge is 2.15. The molecule has 1 aromatic rings. The lowest BCUT2D eigenvalue weighted by Gasteiger charge is -2.11.